The summed E-state index contributed by atoms with van der Waals surface area (Å²) in [6, 6.07) is 8.12. The third kappa shape index (κ3) is 3.37. The molecule has 0 aliphatic rings. The summed E-state index contributed by atoms with van der Waals surface area (Å²) in [5.41, 5.74) is 0.489. The molecule has 4 rings (SSSR count). The molecule has 0 amide bonds. The predicted octanol–water partition coefficient (Wildman–Crippen LogP) is 3.09. The molecule has 7 nitrogen and oxygen atoms in total. The number of rotatable bonds is 4. The van der Waals surface area contributed by atoms with E-state index in [4.69, 9.17) is 0 Å². The lowest BCUT2D eigenvalue weighted by atomic mass is 10.1. The largest absolute Gasteiger partial charge is 0.384 e. The maximum absolute atomic E-state index is 14.8. The summed E-state index contributed by atoms with van der Waals surface area (Å²) in [7, 11) is -1.12. The van der Waals surface area contributed by atoms with E-state index >= 15 is 0 Å². The SMILES string of the molecule is CN(C)S(=O)(=O)C(F)(F)c1ccc2ccc3ncc(-c4cnn(C)c4)cc3c(=O)c2c1. The van der Waals surface area contributed by atoms with Crippen molar-refractivity contribution in [2.24, 2.45) is 7.05 Å². The van der Waals surface area contributed by atoms with Crippen molar-refractivity contribution in [1.29, 1.82) is 0 Å². The van der Waals surface area contributed by atoms with Crippen molar-refractivity contribution in [1.82, 2.24) is 19.1 Å². The molecule has 10 heteroatoms. The molecule has 0 atom stereocenters. The lowest BCUT2D eigenvalue weighted by Gasteiger charge is -2.21. The molecule has 0 N–H and O–H groups in total. The van der Waals surface area contributed by atoms with Gasteiger partial charge in [0.2, 0.25) is 0 Å². The van der Waals surface area contributed by atoms with E-state index in [0.717, 1.165) is 31.8 Å². The molecule has 0 unspecified atom stereocenters. The number of sulfonamides is 1. The average molecular weight is 444 g/mol. The molecule has 160 valence electrons. The molecule has 31 heavy (non-hydrogen) atoms. The van der Waals surface area contributed by atoms with E-state index in [9.17, 15) is 22.0 Å². The first-order chi connectivity index (χ1) is 14.5. The van der Waals surface area contributed by atoms with Gasteiger partial charge < -0.3 is 0 Å². The van der Waals surface area contributed by atoms with Crippen LogP contribution >= 0.6 is 0 Å². The first-order valence-corrected chi connectivity index (χ1v) is 10.6. The van der Waals surface area contributed by atoms with Crippen LogP contribution in [-0.2, 0) is 22.3 Å². The number of halogens is 2. The zero-order valence-corrected chi connectivity index (χ0v) is 17.7. The number of hydrogen-bond acceptors (Lipinski definition) is 5. The second kappa shape index (κ2) is 7.17. The maximum atomic E-state index is 14.8. The Labute approximate surface area is 176 Å². The molecular formula is C21H18F2N4O3S. The fourth-order valence-electron chi connectivity index (χ4n) is 3.29. The van der Waals surface area contributed by atoms with E-state index in [2.05, 4.69) is 10.1 Å². The Bertz CT molecular complexity index is 1500. The zero-order chi connectivity index (χ0) is 22.6. The highest BCUT2D eigenvalue weighted by Gasteiger charge is 2.48. The van der Waals surface area contributed by atoms with Crippen molar-refractivity contribution in [3.8, 4) is 11.1 Å². The number of alkyl halides is 2. The maximum Gasteiger partial charge on any atom is 0.384 e. The highest BCUT2D eigenvalue weighted by Crippen LogP contribution is 2.36. The molecule has 0 saturated heterocycles. The Morgan fingerprint density at radius 1 is 1.00 bits per heavy atom. The molecule has 0 fully saturated rings. The van der Waals surface area contributed by atoms with Crippen molar-refractivity contribution in [2.75, 3.05) is 14.1 Å². The van der Waals surface area contributed by atoms with E-state index in [1.54, 1.807) is 48.5 Å². The molecule has 0 aliphatic heterocycles. The van der Waals surface area contributed by atoms with Crippen LogP contribution in [0.15, 0.2) is 59.8 Å². The molecule has 2 heterocycles. The van der Waals surface area contributed by atoms with Crippen LogP contribution in [0.3, 0.4) is 0 Å². The van der Waals surface area contributed by atoms with Crippen LogP contribution in [0.2, 0.25) is 0 Å². The number of fused-ring (bicyclic) bond motifs is 2. The summed E-state index contributed by atoms with van der Waals surface area (Å²) in [4.78, 5) is 17.6. The van der Waals surface area contributed by atoms with E-state index in [1.807, 2.05) is 0 Å². The second-order valence-corrected chi connectivity index (χ2v) is 9.52. The van der Waals surface area contributed by atoms with E-state index in [1.165, 1.54) is 6.07 Å². The Hall–Kier alpha value is -3.24. The van der Waals surface area contributed by atoms with Crippen LogP contribution in [0, 0.1) is 0 Å². The van der Waals surface area contributed by atoms with Gasteiger partial charge in [0, 0.05) is 61.0 Å². The molecule has 0 bridgehead atoms. The van der Waals surface area contributed by atoms with Crippen LogP contribution in [0.25, 0.3) is 32.8 Å². The molecule has 0 radical (unpaired) electrons. The number of pyridine rings is 1. The van der Waals surface area contributed by atoms with E-state index < -0.39 is 26.3 Å². The van der Waals surface area contributed by atoms with Gasteiger partial charge >= 0.3 is 5.25 Å². The first-order valence-electron chi connectivity index (χ1n) is 9.18. The molecule has 0 saturated carbocycles. The van der Waals surface area contributed by atoms with Crippen LogP contribution in [-0.4, -0.2) is 41.6 Å². The summed E-state index contributed by atoms with van der Waals surface area (Å²) in [5, 5.41) is 0.509. The van der Waals surface area contributed by atoms with Crippen molar-refractivity contribution in [3.05, 3.63) is 70.8 Å². The number of aryl methyl sites for hydroxylation is 1. The minimum absolute atomic E-state index is 0.0220. The van der Waals surface area contributed by atoms with Crippen LogP contribution in [0.5, 0.6) is 0 Å². The second-order valence-electron chi connectivity index (χ2n) is 7.33. The third-order valence-corrected chi connectivity index (χ3v) is 6.91. The van der Waals surface area contributed by atoms with E-state index in [0.29, 0.717) is 20.8 Å². The minimum atomic E-state index is -4.93. The van der Waals surface area contributed by atoms with Crippen LogP contribution in [0.4, 0.5) is 8.78 Å². The predicted molar refractivity (Wildman–Crippen MR) is 114 cm³/mol. The number of nitrogens with zero attached hydrogens (tertiary/aromatic N) is 4. The van der Waals surface area contributed by atoms with Crippen molar-refractivity contribution >= 4 is 31.7 Å². The fraction of sp³-hybridized carbons (Fsp3) is 0.190. The van der Waals surface area contributed by atoms with Crippen molar-refractivity contribution in [2.45, 2.75) is 5.25 Å². The highest BCUT2D eigenvalue weighted by molar-refractivity contribution is 7.89. The summed E-state index contributed by atoms with van der Waals surface area (Å²) in [6.45, 7) is 0. The highest BCUT2D eigenvalue weighted by atomic mass is 32.2. The number of hydrogen-bond donors (Lipinski definition) is 0. The molecule has 2 aromatic heterocycles. The van der Waals surface area contributed by atoms with Gasteiger partial charge in [-0.25, -0.2) is 12.7 Å². The Balaban J connectivity index is 1.99. The van der Waals surface area contributed by atoms with Gasteiger partial charge in [-0.2, -0.15) is 13.9 Å². The third-order valence-electron chi connectivity index (χ3n) is 5.06. The average Bonchev–Trinajstić information content (AvgIpc) is 3.11. The van der Waals surface area contributed by atoms with Gasteiger partial charge in [0.15, 0.2) is 5.43 Å². The fourth-order valence-corrected chi connectivity index (χ4v) is 4.17. The Kier molecular flexibility index (Phi) is 4.86. The van der Waals surface area contributed by atoms with Crippen LogP contribution < -0.4 is 5.43 Å². The zero-order valence-electron chi connectivity index (χ0n) is 16.9. The van der Waals surface area contributed by atoms with Crippen LogP contribution in [0.1, 0.15) is 5.56 Å². The quantitative estimate of drug-likeness (QED) is 0.483. The lowest BCUT2D eigenvalue weighted by molar-refractivity contribution is 0.0843. The Morgan fingerprint density at radius 3 is 2.35 bits per heavy atom. The smallest absolute Gasteiger partial charge is 0.289 e. The molecule has 2 aromatic carbocycles. The van der Waals surface area contributed by atoms with Crippen molar-refractivity contribution in [3.63, 3.8) is 0 Å². The van der Waals surface area contributed by atoms with E-state index in [-0.39, 0.29) is 10.8 Å². The summed E-state index contributed by atoms with van der Waals surface area (Å²) in [6.07, 6.45) is 4.99. The normalized spacial score (nSPS) is 12.7. The lowest BCUT2D eigenvalue weighted by Crippen LogP contribution is -2.36. The molecule has 4 aromatic rings. The monoisotopic (exact) mass is 444 g/mol. The number of aromatic nitrogens is 3. The standard InChI is InChI=1S/C21H18F2N4O3S/c1-26(2)31(29,30)21(22,23)16-6-4-13-5-7-19-18(20(28)17(13)9-16)8-14(10-24-19)15-11-25-27(3)12-15/h4-12H,1-3H3. The summed E-state index contributed by atoms with van der Waals surface area (Å²) >= 11 is 0. The van der Waals surface area contributed by atoms with Gasteiger partial charge in [-0.3, -0.25) is 14.5 Å². The summed E-state index contributed by atoms with van der Waals surface area (Å²) in [5.74, 6) is 0. The topological polar surface area (TPSA) is 85.2 Å². The van der Waals surface area contributed by atoms with Crippen molar-refractivity contribution < 1.29 is 17.2 Å². The number of benzene rings is 1. The van der Waals surface area contributed by atoms with Gasteiger partial charge in [-0.15, -0.1) is 0 Å². The van der Waals surface area contributed by atoms with Gasteiger partial charge in [-0.05, 0) is 23.6 Å². The van der Waals surface area contributed by atoms with Gasteiger partial charge in [0.05, 0.1) is 11.7 Å². The molecular weight excluding hydrogens is 426 g/mol. The van der Waals surface area contributed by atoms with Gasteiger partial charge in [-0.1, -0.05) is 18.2 Å². The molecule has 0 aliphatic carbocycles. The molecule has 0 spiro atoms. The summed E-state index contributed by atoms with van der Waals surface area (Å²) < 4.78 is 55.9. The first kappa shape index (κ1) is 21.0. The minimum Gasteiger partial charge on any atom is -0.289 e. The Morgan fingerprint density at radius 2 is 1.71 bits per heavy atom. The van der Waals surface area contributed by atoms with Gasteiger partial charge in [0.25, 0.3) is 10.0 Å². The van der Waals surface area contributed by atoms with Gasteiger partial charge in [0.1, 0.15) is 0 Å².